The highest BCUT2D eigenvalue weighted by molar-refractivity contribution is 7.99. The molecule has 2 rings (SSSR count). The first kappa shape index (κ1) is 17.4. The zero-order chi connectivity index (χ0) is 16.5. The summed E-state index contributed by atoms with van der Waals surface area (Å²) in [7, 11) is 0. The topological polar surface area (TPSA) is 38.3 Å². The third kappa shape index (κ3) is 5.64. The maximum atomic E-state index is 12.3. The second-order valence-electron chi connectivity index (χ2n) is 5.23. The fourth-order valence-corrected chi connectivity index (χ4v) is 2.93. The van der Waals surface area contributed by atoms with Crippen LogP contribution in [0.25, 0.3) is 0 Å². The number of amides is 1. The predicted molar refractivity (Wildman–Crippen MR) is 96.1 cm³/mol. The molecule has 0 unspecified atom stereocenters. The lowest BCUT2D eigenvalue weighted by Gasteiger charge is -2.18. The van der Waals surface area contributed by atoms with Crippen molar-refractivity contribution in [2.45, 2.75) is 31.3 Å². The van der Waals surface area contributed by atoms with E-state index in [1.165, 1.54) is 4.90 Å². The molecule has 0 spiro atoms. The summed E-state index contributed by atoms with van der Waals surface area (Å²) in [6.07, 6.45) is 0.198. The highest BCUT2D eigenvalue weighted by Gasteiger charge is 2.18. The molecule has 0 saturated heterocycles. The van der Waals surface area contributed by atoms with Gasteiger partial charge >= 0.3 is 0 Å². The molecule has 0 aliphatic carbocycles. The Morgan fingerprint density at radius 1 is 1.13 bits per heavy atom. The van der Waals surface area contributed by atoms with E-state index in [2.05, 4.69) is 17.4 Å². The molecular weight excluding hydrogens is 306 g/mol. The van der Waals surface area contributed by atoms with E-state index < -0.39 is 6.10 Å². The standard InChI is InChI=1S/C19H23NO2S/c1-3-17(22-18-12-8-7-9-15(18)2)19(21)20-13-14-23-16-10-5-4-6-11-16/h4-12,17H,3,13-14H2,1-2H3,(H,20,21)/t17-/m1/s1. The minimum absolute atomic E-state index is 0.0515. The van der Waals surface area contributed by atoms with Crippen molar-refractivity contribution in [3.05, 3.63) is 60.2 Å². The molecule has 23 heavy (non-hydrogen) atoms. The molecular formula is C19H23NO2S. The highest BCUT2D eigenvalue weighted by atomic mass is 32.2. The number of aryl methyl sites for hydroxylation is 1. The number of ether oxygens (including phenoxy) is 1. The minimum atomic E-state index is -0.446. The molecule has 0 fully saturated rings. The maximum absolute atomic E-state index is 12.3. The van der Waals surface area contributed by atoms with Gasteiger partial charge in [-0.15, -0.1) is 11.8 Å². The van der Waals surface area contributed by atoms with Crippen LogP contribution in [0.3, 0.4) is 0 Å². The normalized spacial score (nSPS) is 11.7. The van der Waals surface area contributed by atoms with Crippen molar-refractivity contribution >= 4 is 17.7 Å². The van der Waals surface area contributed by atoms with Gasteiger partial charge in [-0.3, -0.25) is 4.79 Å². The monoisotopic (exact) mass is 329 g/mol. The predicted octanol–water partition coefficient (Wildman–Crippen LogP) is 4.06. The number of hydrogen-bond acceptors (Lipinski definition) is 3. The molecule has 0 bridgehead atoms. The van der Waals surface area contributed by atoms with Crippen molar-refractivity contribution < 1.29 is 9.53 Å². The van der Waals surface area contributed by atoms with Crippen LogP contribution in [-0.4, -0.2) is 24.3 Å². The van der Waals surface area contributed by atoms with Crippen LogP contribution in [0.4, 0.5) is 0 Å². The summed E-state index contributed by atoms with van der Waals surface area (Å²) in [6.45, 7) is 4.57. The van der Waals surface area contributed by atoms with Crippen molar-refractivity contribution in [3.63, 3.8) is 0 Å². The molecule has 1 N–H and O–H groups in total. The van der Waals surface area contributed by atoms with Gasteiger partial charge in [-0.2, -0.15) is 0 Å². The number of carbonyl (C=O) groups is 1. The summed E-state index contributed by atoms with van der Waals surface area (Å²) in [4.78, 5) is 13.5. The summed E-state index contributed by atoms with van der Waals surface area (Å²) in [5.41, 5.74) is 1.04. The van der Waals surface area contributed by atoms with Gasteiger partial charge in [-0.05, 0) is 37.1 Å². The molecule has 0 heterocycles. The Balaban J connectivity index is 1.77. The number of carbonyl (C=O) groups excluding carboxylic acids is 1. The van der Waals surface area contributed by atoms with Gasteiger partial charge in [0, 0.05) is 17.2 Å². The Bertz CT molecular complexity index is 616. The molecule has 0 aromatic heterocycles. The molecule has 4 heteroatoms. The van der Waals surface area contributed by atoms with Gasteiger partial charge in [-0.25, -0.2) is 0 Å². The highest BCUT2D eigenvalue weighted by Crippen LogP contribution is 2.19. The largest absolute Gasteiger partial charge is 0.480 e. The minimum Gasteiger partial charge on any atom is -0.480 e. The molecule has 1 amide bonds. The van der Waals surface area contributed by atoms with Crippen LogP contribution in [0.5, 0.6) is 5.75 Å². The molecule has 0 aliphatic rings. The number of rotatable bonds is 8. The Hall–Kier alpha value is -1.94. The smallest absolute Gasteiger partial charge is 0.261 e. The molecule has 0 aliphatic heterocycles. The number of para-hydroxylation sites is 1. The molecule has 122 valence electrons. The van der Waals surface area contributed by atoms with Crippen LogP contribution >= 0.6 is 11.8 Å². The van der Waals surface area contributed by atoms with Crippen molar-refractivity contribution in [1.29, 1.82) is 0 Å². The van der Waals surface area contributed by atoms with Gasteiger partial charge in [0.2, 0.25) is 0 Å². The summed E-state index contributed by atoms with van der Waals surface area (Å²) in [6, 6.07) is 17.9. The summed E-state index contributed by atoms with van der Waals surface area (Å²) >= 11 is 1.73. The maximum Gasteiger partial charge on any atom is 0.261 e. The number of nitrogens with one attached hydrogen (secondary N) is 1. The number of hydrogen-bond donors (Lipinski definition) is 1. The van der Waals surface area contributed by atoms with Gasteiger partial charge in [0.1, 0.15) is 5.75 Å². The van der Waals surface area contributed by atoms with E-state index in [0.29, 0.717) is 13.0 Å². The first-order valence-corrected chi connectivity index (χ1v) is 8.87. The van der Waals surface area contributed by atoms with E-state index in [1.807, 2.05) is 56.3 Å². The second kappa shape index (κ2) is 9.26. The molecule has 0 saturated carbocycles. The molecule has 1 atom stereocenters. The van der Waals surface area contributed by atoms with Crippen LogP contribution in [0, 0.1) is 6.92 Å². The third-order valence-corrected chi connectivity index (χ3v) is 4.45. The summed E-state index contributed by atoms with van der Waals surface area (Å²) in [5, 5.41) is 2.96. The fourth-order valence-electron chi connectivity index (χ4n) is 2.14. The fraction of sp³-hybridized carbons (Fsp3) is 0.316. The average Bonchev–Trinajstić information content (AvgIpc) is 2.59. The van der Waals surface area contributed by atoms with E-state index in [4.69, 9.17) is 4.74 Å². The Labute approximate surface area is 142 Å². The second-order valence-corrected chi connectivity index (χ2v) is 6.40. The lowest BCUT2D eigenvalue weighted by molar-refractivity contribution is -0.128. The van der Waals surface area contributed by atoms with Crippen LogP contribution in [0.15, 0.2) is 59.5 Å². The van der Waals surface area contributed by atoms with Crippen molar-refractivity contribution in [2.75, 3.05) is 12.3 Å². The van der Waals surface area contributed by atoms with Crippen LogP contribution < -0.4 is 10.1 Å². The number of thioether (sulfide) groups is 1. The van der Waals surface area contributed by atoms with E-state index in [9.17, 15) is 4.79 Å². The van der Waals surface area contributed by atoms with Gasteiger partial charge in [-0.1, -0.05) is 43.3 Å². The van der Waals surface area contributed by atoms with E-state index in [-0.39, 0.29) is 5.91 Å². The van der Waals surface area contributed by atoms with Crippen LogP contribution in [0.1, 0.15) is 18.9 Å². The first-order valence-electron chi connectivity index (χ1n) is 7.88. The third-order valence-electron chi connectivity index (χ3n) is 3.44. The molecule has 2 aromatic carbocycles. The van der Waals surface area contributed by atoms with Crippen LogP contribution in [0.2, 0.25) is 0 Å². The Kier molecular flexibility index (Phi) is 7.01. The zero-order valence-electron chi connectivity index (χ0n) is 13.6. The molecule has 0 radical (unpaired) electrons. The van der Waals surface area contributed by atoms with Crippen molar-refractivity contribution in [2.24, 2.45) is 0 Å². The van der Waals surface area contributed by atoms with E-state index in [0.717, 1.165) is 17.1 Å². The Morgan fingerprint density at radius 3 is 2.52 bits per heavy atom. The van der Waals surface area contributed by atoms with Gasteiger partial charge in [0.25, 0.3) is 5.91 Å². The number of benzene rings is 2. The summed E-state index contributed by atoms with van der Waals surface area (Å²) < 4.78 is 5.85. The SMILES string of the molecule is CC[C@@H](Oc1ccccc1C)C(=O)NCCSc1ccccc1. The van der Waals surface area contributed by atoms with E-state index >= 15 is 0 Å². The van der Waals surface area contributed by atoms with Crippen molar-refractivity contribution in [3.8, 4) is 5.75 Å². The zero-order valence-corrected chi connectivity index (χ0v) is 14.4. The van der Waals surface area contributed by atoms with E-state index in [1.54, 1.807) is 11.8 Å². The van der Waals surface area contributed by atoms with Gasteiger partial charge in [0.15, 0.2) is 6.10 Å². The van der Waals surface area contributed by atoms with Gasteiger partial charge in [0.05, 0.1) is 0 Å². The quantitative estimate of drug-likeness (QED) is 0.586. The first-order chi connectivity index (χ1) is 11.2. The van der Waals surface area contributed by atoms with Crippen LogP contribution in [-0.2, 0) is 4.79 Å². The van der Waals surface area contributed by atoms with Crippen molar-refractivity contribution in [1.82, 2.24) is 5.32 Å². The molecule has 2 aromatic rings. The van der Waals surface area contributed by atoms with Gasteiger partial charge < -0.3 is 10.1 Å². The average molecular weight is 329 g/mol. The lowest BCUT2D eigenvalue weighted by atomic mass is 10.2. The summed E-state index contributed by atoms with van der Waals surface area (Å²) in [5.74, 6) is 1.56. The lowest BCUT2D eigenvalue weighted by Crippen LogP contribution is -2.39. The molecule has 3 nitrogen and oxygen atoms in total. The Morgan fingerprint density at radius 2 is 1.83 bits per heavy atom.